The van der Waals surface area contributed by atoms with Crippen LogP contribution in [0.2, 0.25) is 0 Å². The molecule has 0 spiro atoms. The number of amides is 1. The number of carbonyl (C=O) groups is 1. The van der Waals surface area contributed by atoms with Crippen molar-refractivity contribution in [1.29, 1.82) is 0 Å². The number of hydrogen-bond acceptors (Lipinski definition) is 5. The van der Waals surface area contributed by atoms with Gasteiger partial charge in [0, 0.05) is 40.5 Å². The van der Waals surface area contributed by atoms with Crippen molar-refractivity contribution in [3.05, 3.63) is 89.2 Å². The number of nitrogens with zero attached hydrogens (tertiary/aromatic N) is 1. The van der Waals surface area contributed by atoms with E-state index >= 15 is 0 Å². The van der Waals surface area contributed by atoms with Crippen molar-refractivity contribution in [3.63, 3.8) is 0 Å². The number of aromatic nitrogens is 1. The maximum Gasteiger partial charge on any atom is 0.255 e. The fraction of sp³-hybridized carbons (Fsp3) is 0.182. The molecule has 1 amide bonds. The van der Waals surface area contributed by atoms with Crippen LogP contribution in [0.1, 0.15) is 27.0 Å². The minimum absolute atomic E-state index is 0.0502. The highest BCUT2D eigenvalue weighted by molar-refractivity contribution is 7.98. The van der Waals surface area contributed by atoms with Gasteiger partial charge >= 0.3 is 0 Å². The van der Waals surface area contributed by atoms with Gasteiger partial charge in [-0.1, -0.05) is 18.2 Å². The van der Waals surface area contributed by atoms with E-state index in [1.54, 1.807) is 48.3 Å². The van der Waals surface area contributed by atoms with Gasteiger partial charge in [0.15, 0.2) is 9.84 Å². The average molecular weight is 427 g/mol. The second-order valence-corrected chi connectivity index (χ2v) is 9.98. The van der Waals surface area contributed by atoms with E-state index in [-0.39, 0.29) is 11.7 Å². The third kappa shape index (κ3) is 6.17. The molecule has 0 aliphatic rings. The molecule has 0 fully saturated rings. The lowest BCUT2D eigenvalue weighted by Gasteiger charge is -2.12. The Labute approximate surface area is 175 Å². The van der Waals surface area contributed by atoms with Crippen molar-refractivity contribution in [2.45, 2.75) is 23.3 Å². The molecule has 3 rings (SSSR count). The van der Waals surface area contributed by atoms with Crippen molar-refractivity contribution >= 4 is 33.2 Å². The summed E-state index contributed by atoms with van der Waals surface area (Å²) in [6, 6.07) is 16.6. The molecule has 0 radical (unpaired) electrons. The summed E-state index contributed by atoms with van der Waals surface area (Å²) in [7, 11) is -3.15. The second-order valence-electron chi connectivity index (χ2n) is 6.79. The largest absolute Gasteiger partial charge is 0.322 e. The Morgan fingerprint density at radius 1 is 1.07 bits per heavy atom. The predicted octanol–water partition coefficient (Wildman–Crippen LogP) is 4.48. The van der Waals surface area contributed by atoms with E-state index in [2.05, 4.69) is 10.3 Å². The van der Waals surface area contributed by atoms with Crippen LogP contribution in [0.3, 0.4) is 0 Å². The van der Waals surface area contributed by atoms with Crippen molar-refractivity contribution < 1.29 is 13.2 Å². The van der Waals surface area contributed by atoms with Gasteiger partial charge in [0.1, 0.15) is 0 Å². The van der Waals surface area contributed by atoms with Crippen LogP contribution in [0, 0.1) is 6.92 Å². The Bertz CT molecular complexity index is 1100. The molecular weight excluding hydrogens is 404 g/mol. The highest BCUT2D eigenvalue weighted by atomic mass is 32.2. The Balaban J connectivity index is 1.66. The zero-order valence-corrected chi connectivity index (χ0v) is 17.9. The number of sulfone groups is 1. The highest BCUT2D eigenvalue weighted by Gasteiger charge is 2.12. The molecule has 150 valence electrons. The Morgan fingerprint density at radius 2 is 1.83 bits per heavy atom. The molecular formula is C22H22N2O3S2. The molecule has 1 aromatic heterocycles. The predicted molar refractivity (Wildman–Crippen MR) is 118 cm³/mol. The maximum absolute atomic E-state index is 12.6. The molecule has 2 aromatic carbocycles. The quantitative estimate of drug-likeness (QED) is 0.564. The first kappa shape index (κ1) is 21.1. The third-order valence-electron chi connectivity index (χ3n) is 4.36. The molecule has 0 aliphatic carbocycles. The molecule has 0 aliphatic heterocycles. The number of rotatable bonds is 7. The van der Waals surface area contributed by atoms with Crippen molar-refractivity contribution in [3.8, 4) is 0 Å². The van der Waals surface area contributed by atoms with E-state index in [4.69, 9.17) is 0 Å². The van der Waals surface area contributed by atoms with Crippen LogP contribution >= 0.6 is 11.8 Å². The first-order valence-corrected chi connectivity index (χ1v) is 12.1. The van der Waals surface area contributed by atoms with E-state index in [0.29, 0.717) is 16.8 Å². The second kappa shape index (κ2) is 9.24. The van der Waals surface area contributed by atoms with Gasteiger partial charge in [0.25, 0.3) is 5.91 Å². The number of benzene rings is 2. The number of thioether (sulfide) groups is 1. The number of nitrogens with one attached hydrogen (secondary N) is 1. The van der Waals surface area contributed by atoms with Gasteiger partial charge in [-0.2, -0.15) is 0 Å². The molecule has 0 saturated heterocycles. The number of hydrogen-bond donors (Lipinski definition) is 1. The molecule has 0 unspecified atom stereocenters. The maximum atomic E-state index is 12.6. The van der Waals surface area contributed by atoms with Gasteiger partial charge in [0.2, 0.25) is 0 Å². The first-order valence-electron chi connectivity index (χ1n) is 9.01. The van der Waals surface area contributed by atoms with Crippen molar-refractivity contribution in [1.82, 2.24) is 4.98 Å². The number of anilines is 1. The monoisotopic (exact) mass is 426 g/mol. The van der Waals surface area contributed by atoms with Crippen LogP contribution in [-0.2, 0) is 21.3 Å². The first-order chi connectivity index (χ1) is 13.8. The molecule has 0 atom stereocenters. The van der Waals surface area contributed by atoms with Crippen molar-refractivity contribution in [2.24, 2.45) is 0 Å². The van der Waals surface area contributed by atoms with Crippen LogP contribution in [0.25, 0.3) is 0 Å². The van der Waals surface area contributed by atoms with E-state index < -0.39 is 9.84 Å². The summed E-state index contributed by atoms with van der Waals surface area (Å²) in [4.78, 5) is 17.8. The summed E-state index contributed by atoms with van der Waals surface area (Å²) < 4.78 is 23.2. The molecule has 29 heavy (non-hydrogen) atoms. The molecule has 3 aromatic rings. The van der Waals surface area contributed by atoms with Crippen LogP contribution in [-0.4, -0.2) is 25.6 Å². The average Bonchev–Trinajstić information content (AvgIpc) is 2.69. The molecule has 1 N–H and O–H groups in total. The summed E-state index contributed by atoms with van der Waals surface area (Å²) in [6.45, 7) is 1.81. The van der Waals surface area contributed by atoms with Gasteiger partial charge in [-0.15, -0.1) is 11.8 Å². The van der Waals surface area contributed by atoms with Gasteiger partial charge in [-0.05, 0) is 60.0 Å². The smallest absolute Gasteiger partial charge is 0.255 e. The van der Waals surface area contributed by atoms with E-state index in [1.807, 2.05) is 37.4 Å². The Morgan fingerprint density at radius 3 is 2.48 bits per heavy atom. The molecule has 0 bridgehead atoms. The minimum atomic E-state index is -3.15. The van der Waals surface area contributed by atoms with Gasteiger partial charge in [0.05, 0.1) is 5.75 Å². The van der Waals surface area contributed by atoms with Crippen LogP contribution < -0.4 is 5.32 Å². The van der Waals surface area contributed by atoms with Gasteiger partial charge in [-0.3, -0.25) is 9.78 Å². The van der Waals surface area contributed by atoms with Crippen molar-refractivity contribution in [2.75, 3.05) is 11.6 Å². The lowest BCUT2D eigenvalue weighted by molar-refractivity contribution is 0.102. The lowest BCUT2D eigenvalue weighted by Crippen LogP contribution is -2.13. The normalized spacial score (nSPS) is 11.2. The third-order valence-corrected chi connectivity index (χ3v) is 6.28. The topological polar surface area (TPSA) is 76.1 Å². The van der Waals surface area contributed by atoms with Crippen LogP contribution in [0.15, 0.2) is 71.9 Å². The van der Waals surface area contributed by atoms with E-state index in [0.717, 1.165) is 21.8 Å². The Kier molecular flexibility index (Phi) is 6.71. The van der Waals surface area contributed by atoms with Gasteiger partial charge in [-0.25, -0.2) is 8.42 Å². The fourth-order valence-electron chi connectivity index (χ4n) is 2.80. The number of pyridine rings is 1. The molecule has 0 saturated carbocycles. The summed E-state index contributed by atoms with van der Waals surface area (Å²) in [6.07, 6.45) is 4.79. The summed E-state index contributed by atoms with van der Waals surface area (Å²) >= 11 is 1.68. The molecule has 7 heteroatoms. The number of carbonyl (C=O) groups excluding carboxylic acids is 1. The highest BCUT2D eigenvalue weighted by Crippen LogP contribution is 2.24. The van der Waals surface area contributed by atoms with Crippen LogP contribution in [0.5, 0.6) is 0 Å². The minimum Gasteiger partial charge on any atom is -0.322 e. The zero-order valence-electron chi connectivity index (χ0n) is 16.3. The summed E-state index contributed by atoms with van der Waals surface area (Å²) in [5.41, 5.74) is 3.75. The van der Waals surface area contributed by atoms with E-state index in [1.165, 1.54) is 6.26 Å². The van der Waals surface area contributed by atoms with Crippen LogP contribution in [0.4, 0.5) is 5.69 Å². The zero-order chi connectivity index (χ0) is 20.9. The Hall–Kier alpha value is -2.64. The fourth-order valence-corrected chi connectivity index (χ4v) is 4.52. The van der Waals surface area contributed by atoms with Gasteiger partial charge < -0.3 is 5.32 Å². The SMILES string of the molecule is Cc1c(CS(C)(=O)=O)cccc1NC(=O)c1ccc(SCc2cccnc2)cc1. The lowest BCUT2D eigenvalue weighted by atomic mass is 10.1. The standard InChI is InChI=1S/C22H22N2O3S2/c1-16-19(15-29(2,26)27)6-3-7-21(16)24-22(25)18-8-10-20(11-9-18)28-14-17-5-4-12-23-13-17/h3-13H,14-15H2,1-2H3,(H,24,25). The molecule has 5 nitrogen and oxygen atoms in total. The summed E-state index contributed by atoms with van der Waals surface area (Å²) in [5.74, 6) is 0.533. The molecule has 1 heterocycles. The van der Waals surface area contributed by atoms with E-state index in [9.17, 15) is 13.2 Å². The summed E-state index contributed by atoms with van der Waals surface area (Å²) in [5, 5.41) is 2.88.